The zero-order valence-corrected chi connectivity index (χ0v) is 11.1. The second-order valence-corrected chi connectivity index (χ2v) is 4.48. The van der Waals surface area contributed by atoms with Crippen LogP contribution in [0.5, 0.6) is 5.75 Å². The number of alkyl halides is 3. The third-order valence-electron chi connectivity index (χ3n) is 3.12. The van der Waals surface area contributed by atoms with Gasteiger partial charge in [-0.15, -0.1) is 0 Å². The van der Waals surface area contributed by atoms with E-state index in [4.69, 9.17) is 10.5 Å². The van der Waals surface area contributed by atoms with Crippen molar-refractivity contribution in [3.63, 3.8) is 0 Å². The summed E-state index contributed by atoms with van der Waals surface area (Å²) in [6.45, 7) is 1.57. The predicted octanol–water partition coefficient (Wildman–Crippen LogP) is 4.27. The Kier molecular flexibility index (Phi) is 3.61. The second-order valence-electron chi connectivity index (χ2n) is 4.48. The number of nitrogen functional groups attached to an aromatic ring is 1. The SMILES string of the molecule is COc1ccc(-c2cc(C(F)(F)F)cc(C)c2N)cc1. The van der Waals surface area contributed by atoms with Crippen LogP contribution in [0.1, 0.15) is 11.1 Å². The summed E-state index contributed by atoms with van der Waals surface area (Å²) in [6.07, 6.45) is -4.39. The highest BCUT2D eigenvalue weighted by Crippen LogP contribution is 2.37. The van der Waals surface area contributed by atoms with Gasteiger partial charge >= 0.3 is 6.18 Å². The van der Waals surface area contributed by atoms with Gasteiger partial charge in [-0.1, -0.05) is 12.1 Å². The van der Waals surface area contributed by atoms with Crippen LogP contribution in [0.15, 0.2) is 36.4 Å². The average molecular weight is 281 g/mol. The summed E-state index contributed by atoms with van der Waals surface area (Å²) in [5.74, 6) is 0.635. The number of hydrogen-bond donors (Lipinski definition) is 1. The summed E-state index contributed by atoms with van der Waals surface area (Å²) in [5, 5.41) is 0. The highest BCUT2D eigenvalue weighted by molar-refractivity contribution is 5.79. The van der Waals surface area contributed by atoms with Crippen LogP contribution in [0, 0.1) is 6.92 Å². The maximum Gasteiger partial charge on any atom is 0.416 e. The predicted molar refractivity (Wildman–Crippen MR) is 72.6 cm³/mol. The van der Waals surface area contributed by atoms with E-state index in [-0.39, 0.29) is 0 Å². The number of halogens is 3. The highest BCUT2D eigenvalue weighted by atomic mass is 19.4. The van der Waals surface area contributed by atoms with Crippen molar-refractivity contribution in [2.24, 2.45) is 0 Å². The molecule has 2 nitrogen and oxygen atoms in total. The molecule has 0 spiro atoms. The number of methoxy groups -OCH3 is 1. The molecule has 0 atom stereocenters. The van der Waals surface area contributed by atoms with E-state index >= 15 is 0 Å². The average Bonchev–Trinajstić information content (AvgIpc) is 2.40. The molecule has 2 N–H and O–H groups in total. The second kappa shape index (κ2) is 5.07. The van der Waals surface area contributed by atoms with Gasteiger partial charge in [-0.05, 0) is 42.3 Å². The maximum absolute atomic E-state index is 12.9. The van der Waals surface area contributed by atoms with Crippen molar-refractivity contribution in [3.8, 4) is 16.9 Å². The summed E-state index contributed by atoms with van der Waals surface area (Å²) in [4.78, 5) is 0. The molecule has 2 rings (SSSR count). The van der Waals surface area contributed by atoms with E-state index in [0.29, 0.717) is 28.1 Å². The Morgan fingerprint density at radius 3 is 2.15 bits per heavy atom. The van der Waals surface area contributed by atoms with Crippen LogP contribution in [-0.2, 0) is 6.18 Å². The summed E-state index contributed by atoms with van der Waals surface area (Å²) in [5.41, 5.74) is 6.96. The van der Waals surface area contributed by atoms with Gasteiger partial charge in [-0.3, -0.25) is 0 Å². The molecule has 0 heterocycles. The largest absolute Gasteiger partial charge is 0.497 e. The molecule has 0 aliphatic rings. The van der Waals surface area contributed by atoms with Crippen molar-refractivity contribution in [1.29, 1.82) is 0 Å². The van der Waals surface area contributed by atoms with E-state index in [2.05, 4.69) is 0 Å². The number of aryl methyl sites for hydroxylation is 1. The number of anilines is 1. The molecule has 106 valence electrons. The first-order valence-electron chi connectivity index (χ1n) is 5.94. The molecule has 0 bridgehead atoms. The molecule has 0 unspecified atom stereocenters. The van der Waals surface area contributed by atoms with Gasteiger partial charge in [0.1, 0.15) is 5.75 Å². The fourth-order valence-corrected chi connectivity index (χ4v) is 1.97. The molecule has 20 heavy (non-hydrogen) atoms. The highest BCUT2D eigenvalue weighted by Gasteiger charge is 2.31. The molecule has 0 fully saturated rings. The van der Waals surface area contributed by atoms with Gasteiger partial charge in [0.05, 0.1) is 12.7 Å². The molecule has 2 aromatic rings. The van der Waals surface area contributed by atoms with Gasteiger partial charge in [0.25, 0.3) is 0 Å². The standard InChI is InChI=1S/C15H14F3NO/c1-9-7-11(15(16,17)18)8-13(14(9)19)10-3-5-12(20-2)6-4-10/h3-8H,19H2,1-2H3. The molecule has 0 amide bonds. The van der Waals surface area contributed by atoms with Crippen molar-refractivity contribution in [1.82, 2.24) is 0 Å². The fourth-order valence-electron chi connectivity index (χ4n) is 1.97. The molecular formula is C15H14F3NO. The van der Waals surface area contributed by atoms with E-state index in [1.165, 1.54) is 7.11 Å². The first kappa shape index (κ1) is 14.2. The number of hydrogen-bond acceptors (Lipinski definition) is 2. The Morgan fingerprint density at radius 1 is 1.05 bits per heavy atom. The van der Waals surface area contributed by atoms with E-state index in [9.17, 15) is 13.2 Å². The topological polar surface area (TPSA) is 35.2 Å². The third-order valence-corrected chi connectivity index (χ3v) is 3.12. The Bertz CT molecular complexity index is 618. The fraction of sp³-hybridized carbons (Fsp3) is 0.200. The zero-order valence-electron chi connectivity index (χ0n) is 11.1. The quantitative estimate of drug-likeness (QED) is 0.834. The summed E-state index contributed by atoms with van der Waals surface area (Å²) < 4.78 is 43.6. The molecule has 0 aliphatic heterocycles. The molecule has 5 heteroatoms. The normalized spacial score (nSPS) is 11.4. The van der Waals surface area contributed by atoms with E-state index in [1.807, 2.05) is 0 Å². The van der Waals surface area contributed by atoms with Gasteiger partial charge < -0.3 is 10.5 Å². The first-order valence-corrected chi connectivity index (χ1v) is 5.94. The van der Waals surface area contributed by atoms with Crippen molar-refractivity contribution in [2.45, 2.75) is 13.1 Å². The van der Waals surface area contributed by atoms with E-state index in [1.54, 1.807) is 31.2 Å². The summed E-state index contributed by atoms with van der Waals surface area (Å²) >= 11 is 0. The van der Waals surface area contributed by atoms with Crippen LogP contribution < -0.4 is 10.5 Å². The lowest BCUT2D eigenvalue weighted by atomic mass is 9.97. The monoisotopic (exact) mass is 281 g/mol. The minimum atomic E-state index is -4.39. The minimum Gasteiger partial charge on any atom is -0.497 e. The number of nitrogens with two attached hydrogens (primary N) is 1. The van der Waals surface area contributed by atoms with Crippen LogP contribution in [0.2, 0.25) is 0 Å². The Labute approximate surface area is 115 Å². The Balaban J connectivity index is 2.57. The van der Waals surface area contributed by atoms with Crippen molar-refractivity contribution in [3.05, 3.63) is 47.5 Å². The van der Waals surface area contributed by atoms with Gasteiger partial charge in [-0.25, -0.2) is 0 Å². The lowest BCUT2D eigenvalue weighted by Gasteiger charge is -2.14. The summed E-state index contributed by atoms with van der Waals surface area (Å²) in [6, 6.07) is 8.87. The van der Waals surface area contributed by atoms with Crippen LogP contribution in [0.4, 0.5) is 18.9 Å². The number of benzene rings is 2. The number of rotatable bonds is 2. The minimum absolute atomic E-state index is 0.350. The van der Waals surface area contributed by atoms with Crippen molar-refractivity contribution < 1.29 is 17.9 Å². The number of ether oxygens (including phenoxy) is 1. The molecule has 0 saturated carbocycles. The van der Waals surface area contributed by atoms with Gasteiger partial charge in [0, 0.05) is 11.3 Å². The van der Waals surface area contributed by atoms with Crippen molar-refractivity contribution in [2.75, 3.05) is 12.8 Å². The van der Waals surface area contributed by atoms with Gasteiger partial charge in [0.15, 0.2) is 0 Å². The molecule has 2 aromatic carbocycles. The van der Waals surface area contributed by atoms with Crippen molar-refractivity contribution >= 4 is 5.69 Å². The molecule has 0 radical (unpaired) electrons. The van der Waals surface area contributed by atoms with Crippen LogP contribution >= 0.6 is 0 Å². The first-order chi connectivity index (χ1) is 9.32. The molecule has 0 aliphatic carbocycles. The van der Waals surface area contributed by atoms with Gasteiger partial charge in [-0.2, -0.15) is 13.2 Å². The van der Waals surface area contributed by atoms with E-state index in [0.717, 1.165) is 12.1 Å². The van der Waals surface area contributed by atoms with Crippen LogP contribution in [0.25, 0.3) is 11.1 Å². The smallest absolute Gasteiger partial charge is 0.416 e. The lowest BCUT2D eigenvalue weighted by molar-refractivity contribution is -0.137. The van der Waals surface area contributed by atoms with Crippen LogP contribution in [-0.4, -0.2) is 7.11 Å². The molecule has 0 saturated heterocycles. The maximum atomic E-state index is 12.9. The molecular weight excluding hydrogens is 267 g/mol. The Morgan fingerprint density at radius 2 is 1.65 bits per heavy atom. The van der Waals surface area contributed by atoms with Crippen LogP contribution in [0.3, 0.4) is 0 Å². The summed E-state index contributed by atoms with van der Waals surface area (Å²) in [7, 11) is 1.53. The molecule has 0 aromatic heterocycles. The zero-order chi connectivity index (χ0) is 14.9. The van der Waals surface area contributed by atoms with Gasteiger partial charge in [0.2, 0.25) is 0 Å². The van der Waals surface area contributed by atoms with E-state index < -0.39 is 11.7 Å². The lowest BCUT2D eigenvalue weighted by Crippen LogP contribution is -2.07. The third kappa shape index (κ3) is 2.71. The Hall–Kier alpha value is -2.17.